The predicted octanol–water partition coefficient (Wildman–Crippen LogP) is 2.45. The highest BCUT2D eigenvalue weighted by molar-refractivity contribution is 7.89. The molecule has 10 heteroatoms. The van der Waals surface area contributed by atoms with E-state index in [9.17, 15) is 18.0 Å². The molecule has 1 heterocycles. The summed E-state index contributed by atoms with van der Waals surface area (Å²) in [6.07, 6.45) is 0.461. The molecule has 9 nitrogen and oxygen atoms in total. The SMILES string of the molecule is CC(C)COC(=O)N1CCCN(CC(=O)Nc2ccc(S(=O)(=O)N(C)C(C)C)cc2)CC1. The second-order valence-electron chi connectivity index (χ2n) is 8.78. The van der Waals surface area contributed by atoms with Gasteiger partial charge in [-0.3, -0.25) is 9.69 Å². The van der Waals surface area contributed by atoms with Crippen molar-refractivity contribution in [3.05, 3.63) is 24.3 Å². The Morgan fingerprint density at radius 2 is 1.72 bits per heavy atom. The Morgan fingerprint density at radius 3 is 2.31 bits per heavy atom. The Morgan fingerprint density at radius 1 is 1.06 bits per heavy atom. The summed E-state index contributed by atoms with van der Waals surface area (Å²) < 4.78 is 31.7. The molecule has 1 N–H and O–H groups in total. The molecule has 0 unspecified atom stereocenters. The van der Waals surface area contributed by atoms with Crippen molar-refractivity contribution in [3.8, 4) is 0 Å². The predicted molar refractivity (Wildman–Crippen MR) is 124 cm³/mol. The molecule has 2 amide bonds. The number of anilines is 1. The third-order valence-corrected chi connectivity index (χ3v) is 7.34. The number of nitrogens with zero attached hydrogens (tertiary/aromatic N) is 3. The van der Waals surface area contributed by atoms with Crippen molar-refractivity contribution in [2.45, 2.75) is 45.1 Å². The molecule has 1 aromatic carbocycles. The van der Waals surface area contributed by atoms with Gasteiger partial charge in [0.05, 0.1) is 18.0 Å². The zero-order chi connectivity index (χ0) is 23.9. The van der Waals surface area contributed by atoms with E-state index in [-0.39, 0.29) is 35.4 Å². The third kappa shape index (κ3) is 7.46. The Bertz CT molecular complexity index is 871. The molecule has 1 fully saturated rings. The zero-order valence-electron chi connectivity index (χ0n) is 19.7. The average Bonchev–Trinajstić information content (AvgIpc) is 2.97. The summed E-state index contributed by atoms with van der Waals surface area (Å²) in [6, 6.07) is 6.02. The third-order valence-electron chi connectivity index (χ3n) is 5.30. The van der Waals surface area contributed by atoms with Gasteiger partial charge in [0, 0.05) is 45.0 Å². The van der Waals surface area contributed by atoms with E-state index in [0.717, 1.165) is 6.42 Å². The fourth-order valence-electron chi connectivity index (χ4n) is 3.20. The smallest absolute Gasteiger partial charge is 0.409 e. The van der Waals surface area contributed by atoms with Crippen molar-refractivity contribution in [3.63, 3.8) is 0 Å². The summed E-state index contributed by atoms with van der Waals surface area (Å²) in [5.74, 6) is 0.104. The minimum Gasteiger partial charge on any atom is -0.449 e. The maximum Gasteiger partial charge on any atom is 0.409 e. The first-order chi connectivity index (χ1) is 15.0. The van der Waals surface area contributed by atoms with Gasteiger partial charge in [0.1, 0.15) is 0 Å². The van der Waals surface area contributed by atoms with E-state index in [1.165, 1.54) is 16.4 Å². The van der Waals surface area contributed by atoms with Gasteiger partial charge in [-0.15, -0.1) is 0 Å². The molecule has 0 aliphatic carbocycles. The molecule has 1 aliphatic heterocycles. The van der Waals surface area contributed by atoms with E-state index in [4.69, 9.17) is 4.74 Å². The number of carbonyl (C=O) groups is 2. The number of benzene rings is 1. The lowest BCUT2D eigenvalue weighted by molar-refractivity contribution is -0.117. The van der Waals surface area contributed by atoms with Gasteiger partial charge < -0.3 is 15.0 Å². The molecular weight excluding hydrogens is 432 g/mol. The first-order valence-corrected chi connectivity index (χ1v) is 12.5. The molecule has 180 valence electrons. The van der Waals surface area contributed by atoms with Crippen LogP contribution in [0.5, 0.6) is 0 Å². The first-order valence-electron chi connectivity index (χ1n) is 11.0. The van der Waals surface area contributed by atoms with E-state index in [0.29, 0.717) is 38.5 Å². The van der Waals surface area contributed by atoms with Crippen molar-refractivity contribution in [1.82, 2.24) is 14.1 Å². The molecule has 1 aromatic rings. The molecule has 1 saturated heterocycles. The standard InChI is InChI=1S/C22H36N4O5S/c1-17(2)16-31-22(28)26-12-6-11-25(13-14-26)15-21(27)23-19-7-9-20(10-8-19)32(29,30)24(5)18(3)4/h7-10,17-18H,6,11-16H2,1-5H3,(H,23,27). The molecule has 0 aromatic heterocycles. The summed E-state index contributed by atoms with van der Waals surface area (Å²) in [6.45, 7) is 10.6. The van der Waals surface area contributed by atoms with Crippen LogP contribution in [-0.2, 0) is 19.6 Å². The van der Waals surface area contributed by atoms with Gasteiger partial charge in [-0.1, -0.05) is 13.8 Å². The monoisotopic (exact) mass is 468 g/mol. The highest BCUT2D eigenvalue weighted by Gasteiger charge is 2.24. The van der Waals surface area contributed by atoms with Gasteiger partial charge in [0.2, 0.25) is 15.9 Å². The van der Waals surface area contributed by atoms with Crippen LogP contribution < -0.4 is 5.32 Å². The number of amides is 2. The van der Waals surface area contributed by atoms with E-state index in [2.05, 4.69) is 5.32 Å². The average molecular weight is 469 g/mol. The van der Waals surface area contributed by atoms with Gasteiger partial charge in [-0.2, -0.15) is 4.31 Å². The molecule has 0 radical (unpaired) electrons. The maximum atomic E-state index is 12.5. The Kier molecular flexibility index (Phi) is 9.47. The minimum absolute atomic E-state index is 0.152. The Hall–Kier alpha value is -2.17. The van der Waals surface area contributed by atoms with Gasteiger partial charge in [0.25, 0.3) is 0 Å². The summed E-state index contributed by atoms with van der Waals surface area (Å²) in [7, 11) is -2.02. The summed E-state index contributed by atoms with van der Waals surface area (Å²) in [5, 5.41) is 2.81. The minimum atomic E-state index is -3.56. The Balaban J connectivity index is 1.87. The van der Waals surface area contributed by atoms with Crippen LogP contribution in [0.4, 0.5) is 10.5 Å². The molecule has 2 rings (SSSR count). The number of hydrogen-bond acceptors (Lipinski definition) is 6. The van der Waals surface area contributed by atoms with Crippen LogP contribution in [0, 0.1) is 5.92 Å². The van der Waals surface area contributed by atoms with Crippen LogP contribution >= 0.6 is 0 Å². The molecule has 0 bridgehead atoms. The largest absolute Gasteiger partial charge is 0.449 e. The lowest BCUT2D eigenvalue weighted by Crippen LogP contribution is -2.38. The van der Waals surface area contributed by atoms with Crippen LogP contribution in [0.3, 0.4) is 0 Å². The Labute approximate surface area is 191 Å². The van der Waals surface area contributed by atoms with Crippen molar-refractivity contribution in [2.24, 2.45) is 5.92 Å². The highest BCUT2D eigenvalue weighted by atomic mass is 32.2. The van der Waals surface area contributed by atoms with Crippen molar-refractivity contribution in [2.75, 3.05) is 51.7 Å². The van der Waals surface area contributed by atoms with Crippen LogP contribution in [0.25, 0.3) is 0 Å². The maximum absolute atomic E-state index is 12.5. The van der Waals surface area contributed by atoms with Crippen molar-refractivity contribution in [1.29, 1.82) is 0 Å². The lowest BCUT2D eigenvalue weighted by Gasteiger charge is -2.22. The number of ether oxygens (including phenoxy) is 1. The van der Waals surface area contributed by atoms with Gasteiger partial charge in [-0.25, -0.2) is 13.2 Å². The zero-order valence-corrected chi connectivity index (χ0v) is 20.5. The molecule has 32 heavy (non-hydrogen) atoms. The summed E-state index contributed by atoms with van der Waals surface area (Å²) in [4.78, 5) is 28.5. The van der Waals surface area contributed by atoms with Crippen molar-refractivity contribution < 1.29 is 22.7 Å². The summed E-state index contributed by atoms with van der Waals surface area (Å²) in [5.41, 5.74) is 0.537. The van der Waals surface area contributed by atoms with E-state index < -0.39 is 10.0 Å². The van der Waals surface area contributed by atoms with Crippen molar-refractivity contribution >= 4 is 27.7 Å². The number of sulfonamides is 1. The number of nitrogens with one attached hydrogen (secondary N) is 1. The second kappa shape index (κ2) is 11.6. The van der Waals surface area contributed by atoms with Crippen LogP contribution in [-0.4, -0.2) is 86.9 Å². The fourth-order valence-corrected chi connectivity index (χ4v) is 4.57. The number of hydrogen-bond donors (Lipinski definition) is 1. The lowest BCUT2D eigenvalue weighted by atomic mass is 10.2. The molecular formula is C22H36N4O5S. The van der Waals surface area contributed by atoms with Gasteiger partial charge in [-0.05, 0) is 50.5 Å². The topological polar surface area (TPSA) is 99.3 Å². The molecule has 0 saturated carbocycles. The van der Waals surface area contributed by atoms with Crippen LogP contribution in [0.1, 0.15) is 34.1 Å². The summed E-state index contributed by atoms with van der Waals surface area (Å²) >= 11 is 0. The normalized spacial score (nSPS) is 15.8. The fraction of sp³-hybridized carbons (Fsp3) is 0.636. The van der Waals surface area contributed by atoms with Gasteiger partial charge in [0.15, 0.2) is 0 Å². The van der Waals surface area contributed by atoms with E-state index in [1.807, 2.05) is 32.6 Å². The van der Waals surface area contributed by atoms with Crippen LogP contribution in [0.2, 0.25) is 0 Å². The van der Waals surface area contributed by atoms with Gasteiger partial charge >= 0.3 is 6.09 Å². The van der Waals surface area contributed by atoms with Crippen LogP contribution in [0.15, 0.2) is 29.2 Å². The van der Waals surface area contributed by atoms with E-state index in [1.54, 1.807) is 24.1 Å². The molecule has 1 aliphatic rings. The quantitative estimate of drug-likeness (QED) is 0.629. The first kappa shape index (κ1) is 26.1. The number of rotatable bonds is 8. The second-order valence-corrected chi connectivity index (χ2v) is 10.8. The highest BCUT2D eigenvalue weighted by Crippen LogP contribution is 2.19. The molecule has 0 spiro atoms. The number of carbonyl (C=O) groups excluding carboxylic acids is 2. The molecule has 0 atom stereocenters. The van der Waals surface area contributed by atoms with E-state index >= 15 is 0 Å².